The molecular formula is C20H18FN3O3S2. The van der Waals surface area contributed by atoms with Gasteiger partial charge in [0.2, 0.25) is 0 Å². The van der Waals surface area contributed by atoms with Gasteiger partial charge in [0.25, 0.3) is 0 Å². The Bertz CT molecular complexity index is 1010. The molecule has 0 radical (unpaired) electrons. The van der Waals surface area contributed by atoms with Crippen LogP contribution < -0.4 is 4.90 Å². The first-order chi connectivity index (χ1) is 14.0. The van der Waals surface area contributed by atoms with Crippen LogP contribution >= 0.6 is 23.5 Å². The molecule has 1 saturated heterocycles. The quantitative estimate of drug-likeness (QED) is 0.742. The molecule has 0 bridgehead atoms. The Morgan fingerprint density at radius 2 is 2.14 bits per heavy atom. The molecule has 2 aliphatic rings. The van der Waals surface area contributed by atoms with E-state index in [9.17, 15) is 14.3 Å². The van der Waals surface area contributed by atoms with Gasteiger partial charge in [-0.25, -0.2) is 4.39 Å². The summed E-state index contributed by atoms with van der Waals surface area (Å²) in [5.74, 6) is -0.786. The highest BCUT2D eigenvalue weighted by Gasteiger charge is 2.39. The minimum absolute atomic E-state index is 0.115. The minimum Gasteiger partial charge on any atom is -0.468 e. The largest absolute Gasteiger partial charge is 0.468 e. The number of methoxy groups -OCH3 is 1. The number of aromatic nitrogens is 1. The topological polar surface area (TPSA) is 65.9 Å². The zero-order chi connectivity index (χ0) is 20.5. The first-order valence-corrected chi connectivity index (χ1v) is 10.4. The van der Waals surface area contributed by atoms with Gasteiger partial charge in [0.05, 0.1) is 33.5 Å². The van der Waals surface area contributed by atoms with Crippen LogP contribution in [0.4, 0.5) is 10.1 Å². The fourth-order valence-corrected chi connectivity index (χ4v) is 5.62. The van der Waals surface area contributed by atoms with Crippen LogP contribution in [0.2, 0.25) is 0 Å². The normalized spacial score (nSPS) is 22.3. The number of anilines is 1. The average molecular weight is 432 g/mol. The molecule has 29 heavy (non-hydrogen) atoms. The number of thioether (sulfide) groups is 2. The van der Waals surface area contributed by atoms with Gasteiger partial charge in [-0.2, -0.15) is 0 Å². The average Bonchev–Trinajstić information content (AvgIpc) is 3.21. The van der Waals surface area contributed by atoms with Crippen molar-refractivity contribution in [2.75, 3.05) is 25.6 Å². The minimum atomic E-state index is -1.06. The van der Waals surface area contributed by atoms with E-state index in [0.717, 1.165) is 9.92 Å². The first-order valence-electron chi connectivity index (χ1n) is 8.76. The zero-order valence-electron chi connectivity index (χ0n) is 15.7. The van der Waals surface area contributed by atoms with Gasteiger partial charge in [0, 0.05) is 18.1 Å². The van der Waals surface area contributed by atoms with Crippen LogP contribution in [0.15, 0.2) is 62.5 Å². The summed E-state index contributed by atoms with van der Waals surface area (Å²) in [6, 6.07) is 10.4. The Hall–Kier alpha value is -2.49. The molecule has 150 valence electrons. The third kappa shape index (κ3) is 3.73. The van der Waals surface area contributed by atoms with Gasteiger partial charge in [0.15, 0.2) is 6.23 Å². The van der Waals surface area contributed by atoms with Gasteiger partial charge in [-0.3, -0.25) is 9.78 Å². The van der Waals surface area contributed by atoms with E-state index in [4.69, 9.17) is 4.74 Å². The third-order valence-electron chi connectivity index (χ3n) is 4.52. The Morgan fingerprint density at radius 1 is 1.31 bits per heavy atom. The number of hydrogen-bond donors (Lipinski definition) is 1. The van der Waals surface area contributed by atoms with Crippen LogP contribution in [0, 0.1) is 5.82 Å². The maximum atomic E-state index is 14.3. The molecule has 2 aliphatic heterocycles. The number of para-hydroxylation sites is 1. The number of hydrogen-bond acceptors (Lipinski definition) is 8. The van der Waals surface area contributed by atoms with E-state index >= 15 is 0 Å². The first kappa shape index (κ1) is 19.8. The monoisotopic (exact) mass is 431 g/mol. The van der Waals surface area contributed by atoms with Gasteiger partial charge in [-0.15, -0.1) is 0 Å². The number of aliphatic hydroxyl groups excluding tert-OH is 1. The number of carbonyl (C=O) groups excluding carboxylic acids is 1. The molecule has 1 fully saturated rings. The summed E-state index contributed by atoms with van der Waals surface area (Å²) in [6.07, 6.45) is 2.42. The molecule has 1 N–H and O–H groups in total. The molecule has 6 nitrogen and oxygen atoms in total. The van der Waals surface area contributed by atoms with E-state index in [1.807, 2.05) is 24.3 Å². The lowest BCUT2D eigenvalue weighted by molar-refractivity contribution is -0.142. The fraction of sp³-hybridized carbons (Fsp3) is 0.200. The van der Waals surface area contributed by atoms with Crippen LogP contribution in [0.25, 0.3) is 6.08 Å². The van der Waals surface area contributed by atoms with Crippen molar-refractivity contribution in [3.63, 3.8) is 0 Å². The lowest BCUT2D eigenvalue weighted by atomic mass is 10.3. The predicted octanol–water partition coefficient (Wildman–Crippen LogP) is 3.47. The van der Waals surface area contributed by atoms with Crippen molar-refractivity contribution < 1.29 is 19.0 Å². The van der Waals surface area contributed by atoms with Gasteiger partial charge in [-0.1, -0.05) is 35.7 Å². The Labute approximate surface area is 176 Å². The smallest absolute Gasteiger partial charge is 0.325 e. The maximum absolute atomic E-state index is 14.3. The Kier molecular flexibility index (Phi) is 5.53. The number of carbonyl (C=O) groups is 1. The summed E-state index contributed by atoms with van der Waals surface area (Å²) in [5, 5.41) is 12.4. The van der Waals surface area contributed by atoms with Crippen molar-refractivity contribution >= 4 is 41.3 Å². The second kappa shape index (κ2) is 8.10. The van der Waals surface area contributed by atoms with E-state index in [-0.39, 0.29) is 12.4 Å². The van der Waals surface area contributed by atoms with Gasteiger partial charge >= 0.3 is 5.97 Å². The van der Waals surface area contributed by atoms with Crippen LogP contribution in [0.5, 0.6) is 0 Å². The van der Waals surface area contributed by atoms with Crippen LogP contribution in [0.3, 0.4) is 0 Å². The summed E-state index contributed by atoms with van der Waals surface area (Å²) in [5.41, 5.74) is 1.18. The summed E-state index contributed by atoms with van der Waals surface area (Å²) in [6.45, 7) is -0.115. The molecular weight excluding hydrogens is 413 g/mol. The fourth-order valence-electron chi connectivity index (χ4n) is 3.10. The zero-order valence-corrected chi connectivity index (χ0v) is 17.3. The molecule has 4 rings (SSSR count). The number of aliphatic hydroxyl groups is 1. The van der Waals surface area contributed by atoms with Crippen molar-refractivity contribution in [1.29, 1.82) is 0 Å². The molecule has 1 aromatic carbocycles. The van der Waals surface area contributed by atoms with E-state index < -0.39 is 12.2 Å². The number of pyridine rings is 1. The highest BCUT2D eigenvalue weighted by Crippen LogP contribution is 2.53. The molecule has 2 aromatic rings. The van der Waals surface area contributed by atoms with Crippen LogP contribution in [-0.4, -0.2) is 47.9 Å². The van der Waals surface area contributed by atoms with Crippen LogP contribution in [-0.2, 0) is 9.53 Å². The van der Waals surface area contributed by atoms with Gasteiger partial charge < -0.3 is 19.6 Å². The van der Waals surface area contributed by atoms with Crippen molar-refractivity contribution in [1.82, 2.24) is 9.88 Å². The molecule has 9 heteroatoms. The van der Waals surface area contributed by atoms with E-state index in [1.165, 1.54) is 36.7 Å². The molecule has 0 spiro atoms. The number of rotatable bonds is 3. The number of benzene rings is 1. The molecule has 0 amide bonds. The Balaban J connectivity index is 1.74. The number of fused-ring (bicyclic) bond motifs is 1. The summed E-state index contributed by atoms with van der Waals surface area (Å²) in [4.78, 5) is 20.9. The third-order valence-corrected chi connectivity index (χ3v) is 7.07. The van der Waals surface area contributed by atoms with Gasteiger partial charge in [0.1, 0.15) is 12.4 Å². The standard InChI is InChI=1S/C20H18FN3O3S2/c1-23-17-13(21)7-5-8-14(17)28-20(23)18-19(26)24(11-16(25)27-2)15(29-18)10-12-6-3-4-9-22-12/h3-10,19,26H,11H2,1-2H3/b15-10-,20-18+. The molecule has 1 unspecified atom stereocenters. The molecule has 0 aliphatic carbocycles. The highest BCUT2D eigenvalue weighted by molar-refractivity contribution is 8.09. The number of esters is 1. The number of halogens is 1. The van der Waals surface area contributed by atoms with E-state index in [2.05, 4.69) is 4.98 Å². The second-order valence-electron chi connectivity index (χ2n) is 6.33. The molecule has 3 heterocycles. The van der Waals surface area contributed by atoms with Gasteiger partial charge in [-0.05, 0) is 30.3 Å². The van der Waals surface area contributed by atoms with Crippen LogP contribution in [0.1, 0.15) is 5.69 Å². The maximum Gasteiger partial charge on any atom is 0.325 e. The number of ether oxygens (including phenoxy) is 1. The second-order valence-corrected chi connectivity index (χ2v) is 8.43. The van der Waals surface area contributed by atoms with E-state index in [0.29, 0.717) is 21.3 Å². The van der Waals surface area contributed by atoms with E-state index in [1.54, 1.807) is 35.2 Å². The summed E-state index contributed by atoms with van der Waals surface area (Å²) < 4.78 is 19.1. The predicted molar refractivity (Wildman–Crippen MR) is 112 cm³/mol. The van der Waals surface area contributed by atoms with Crippen molar-refractivity contribution in [2.45, 2.75) is 11.1 Å². The number of nitrogens with zero attached hydrogens (tertiary/aromatic N) is 3. The Morgan fingerprint density at radius 3 is 2.83 bits per heavy atom. The lowest BCUT2D eigenvalue weighted by Crippen LogP contribution is -2.34. The van der Waals surface area contributed by atoms with Crippen molar-refractivity contribution in [3.05, 3.63) is 69.1 Å². The SMILES string of the molecule is COC(=O)CN1/C(=C/c2ccccn2)S/C(=C2/Sc3cccc(F)c3N2C)C1O. The molecule has 1 atom stereocenters. The lowest BCUT2D eigenvalue weighted by Gasteiger charge is -2.22. The van der Waals surface area contributed by atoms with Crippen molar-refractivity contribution in [2.24, 2.45) is 0 Å². The highest BCUT2D eigenvalue weighted by atomic mass is 32.2. The molecule has 0 saturated carbocycles. The molecule has 1 aromatic heterocycles. The summed E-state index contributed by atoms with van der Waals surface area (Å²) in [7, 11) is 3.07. The summed E-state index contributed by atoms with van der Waals surface area (Å²) >= 11 is 2.73. The van der Waals surface area contributed by atoms with Crippen molar-refractivity contribution in [3.8, 4) is 0 Å².